The van der Waals surface area contributed by atoms with Gasteiger partial charge in [0.05, 0.1) is 35.9 Å². The third-order valence-electron chi connectivity index (χ3n) is 7.13. The smallest absolute Gasteiger partial charge is 0.283 e. The summed E-state index contributed by atoms with van der Waals surface area (Å²) in [4.78, 5) is 19.4. The molecule has 1 aromatic carbocycles. The molecule has 0 bridgehead atoms. The number of halogens is 1. The van der Waals surface area contributed by atoms with Crippen LogP contribution in [0.1, 0.15) is 68.5 Å². The Morgan fingerprint density at radius 3 is 2.66 bits per heavy atom. The van der Waals surface area contributed by atoms with Gasteiger partial charge in [-0.15, -0.1) is 0 Å². The minimum absolute atomic E-state index is 0.0237. The number of ether oxygens (including phenoxy) is 2. The van der Waals surface area contributed by atoms with E-state index in [9.17, 15) is 17.6 Å². The lowest BCUT2D eigenvalue weighted by atomic mass is 10.0. The van der Waals surface area contributed by atoms with Crippen LogP contribution in [0.2, 0.25) is 0 Å². The van der Waals surface area contributed by atoms with E-state index in [0.29, 0.717) is 24.6 Å². The van der Waals surface area contributed by atoms with Crippen molar-refractivity contribution in [1.82, 2.24) is 14.1 Å². The predicted molar refractivity (Wildman–Crippen MR) is 142 cm³/mol. The first-order chi connectivity index (χ1) is 18.0. The summed E-state index contributed by atoms with van der Waals surface area (Å²) in [6.45, 7) is 6.60. The van der Waals surface area contributed by atoms with Crippen LogP contribution in [0.4, 0.5) is 10.1 Å². The Hall–Kier alpha value is -3.18. The Balaban J connectivity index is 1.45. The van der Waals surface area contributed by atoms with E-state index in [1.165, 1.54) is 33.0 Å². The van der Waals surface area contributed by atoms with Crippen LogP contribution in [-0.2, 0) is 14.8 Å². The molecule has 38 heavy (non-hydrogen) atoms. The van der Waals surface area contributed by atoms with Gasteiger partial charge in [-0.05, 0) is 63.9 Å². The molecule has 1 amide bonds. The summed E-state index contributed by atoms with van der Waals surface area (Å²) in [5.41, 5.74) is 2.22. The number of hydrogen-bond acceptors (Lipinski definition) is 7. The topological polar surface area (TPSA) is 102 Å². The number of fused-ring (bicyclic) bond motifs is 1. The van der Waals surface area contributed by atoms with E-state index < -0.39 is 20.7 Å². The van der Waals surface area contributed by atoms with E-state index in [2.05, 4.69) is 14.6 Å². The van der Waals surface area contributed by atoms with Crippen LogP contribution < -0.4 is 14.4 Å². The summed E-state index contributed by atoms with van der Waals surface area (Å²) < 4.78 is 53.9. The van der Waals surface area contributed by atoms with Crippen molar-refractivity contribution in [3.63, 3.8) is 0 Å². The number of nitrogens with zero attached hydrogens (tertiary/aromatic N) is 3. The average molecular weight is 545 g/mol. The van der Waals surface area contributed by atoms with Crippen molar-refractivity contribution in [1.29, 1.82) is 0 Å². The van der Waals surface area contributed by atoms with Crippen LogP contribution >= 0.6 is 0 Å². The van der Waals surface area contributed by atoms with Crippen molar-refractivity contribution in [2.75, 3.05) is 24.7 Å². The molecule has 2 saturated heterocycles. The van der Waals surface area contributed by atoms with Gasteiger partial charge < -0.3 is 14.4 Å². The van der Waals surface area contributed by atoms with Gasteiger partial charge in [-0.25, -0.2) is 22.5 Å². The lowest BCUT2D eigenvalue weighted by Crippen LogP contribution is -2.42. The summed E-state index contributed by atoms with van der Waals surface area (Å²) in [5.74, 6) is -0.401. The number of sulfonamides is 1. The molecule has 3 aromatic rings. The molecule has 1 N–H and O–H groups in total. The lowest BCUT2D eigenvalue weighted by molar-refractivity contribution is 0.0250. The van der Waals surface area contributed by atoms with Gasteiger partial charge >= 0.3 is 0 Å². The molecule has 2 aliphatic rings. The zero-order valence-corrected chi connectivity index (χ0v) is 22.6. The molecule has 204 valence electrons. The first-order valence-electron chi connectivity index (χ1n) is 12.9. The first-order valence-corrected chi connectivity index (χ1v) is 14.4. The van der Waals surface area contributed by atoms with Crippen LogP contribution in [-0.4, -0.2) is 54.3 Å². The van der Waals surface area contributed by atoms with Gasteiger partial charge in [0.2, 0.25) is 10.0 Å². The third kappa shape index (κ3) is 5.22. The molecule has 0 saturated carbocycles. The molecule has 1 unspecified atom stereocenters. The second kappa shape index (κ2) is 10.2. The van der Waals surface area contributed by atoms with Crippen molar-refractivity contribution >= 4 is 27.3 Å². The van der Waals surface area contributed by atoms with Crippen molar-refractivity contribution in [3.05, 3.63) is 59.8 Å². The molecule has 9 nitrogen and oxygen atoms in total. The van der Waals surface area contributed by atoms with E-state index >= 15 is 0 Å². The predicted octanol–water partition coefficient (Wildman–Crippen LogP) is 4.23. The zero-order valence-electron chi connectivity index (χ0n) is 21.8. The Morgan fingerprint density at radius 1 is 1.16 bits per heavy atom. The maximum absolute atomic E-state index is 14.4. The third-order valence-corrected chi connectivity index (χ3v) is 9.20. The number of benzene rings is 1. The van der Waals surface area contributed by atoms with E-state index in [-0.39, 0.29) is 23.7 Å². The van der Waals surface area contributed by atoms with E-state index in [0.717, 1.165) is 43.5 Å². The normalized spacial score (nSPS) is 19.2. The lowest BCUT2D eigenvalue weighted by Gasteiger charge is -2.30. The summed E-state index contributed by atoms with van der Waals surface area (Å²) in [6.07, 6.45) is 6.45. The number of amides is 1. The number of carbonyl (C=O) groups is 1. The molecule has 11 heteroatoms. The molecule has 2 fully saturated rings. The van der Waals surface area contributed by atoms with E-state index in [1.54, 1.807) is 28.8 Å². The zero-order chi connectivity index (χ0) is 27.1. The highest BCUT2D eigenvalue weighted by Gasteiger charge is 2.33. The van der Waals surface area contributed by atoms with Gasteiger partial charge in [0.1, 0.15) is 29.0 Å². The summed E-state index contributed by atoms with van der Waals surface area (Å²) in [5, 5.41) is 0. The highest BCUT2D eigenvalue weighted by molar-refractivity contribution is 7.91. The van der Waals surface area contributed by atoms with Crippen LogP contribution in [0.5, 0.6) is 5.75 Å². The van der Waals surface area contributed by atoms with Crippen molar-refractivity contribution in [2.45, 2.75) is 63.3 Å². The number of aromatic nitrogens is 2. The van der Waals surface area contributed by atoms with Gasteiger partial charge in [-0.1, -0.05) is 0 Å². The number of pyridine rings is 1. The van der Waals surface area contributed by atoms with Crippen molar-refractivity contribution in [2.24, 2.45) is 0 Å². The Labute approximate surface area is 222 Å². The van der Waals surface area contributed by atoms with Crippen LogP contribution in [0.25, 0.3) is 5.65 Å². The molecule has 2 aliphatic heterocycles. The highest BCUT2D eigenvalue weighted by atomic mass is 32.2. The van der Waals surface area contributed by atoms with Crippen molar-refractivity contribution in [3.8, 4) is 5.75 Å². The average Bonchev–Trinajstić information content (AvgIpc) is 3.52. The SMILES string of the molecule is CC(C)(C)S(=O)(=O)NC(=O)c1cnc2ccc(N3CCCC3c3cc(F)ccc3OC3CCOCC3)cn12. The van der Waals surface area contributed by atoms with Crippen LogP contribution in [0.3, 0.4) is 0 Å². The Bertz CT molecular complexity index is 1440. The minimum Gasteiger partial charge on any atom is -0.490 e. The number of imidazole rings is 1. The summed E-state index contributed by atoms with van der Waals surface area (Å²) >= 11 is 0. The number of carbonyl (C=O) groups excluding carboxylic acids is 1. The maximum Gasteiger partial charge on any atom is 0.283 e. The van der Waals surface area contributed by atoms with Gasteiger partial charge in [-0.3, -0.25) is 9.20 Å². The highest BCUT2D eigenvalue weighted by Crippen LogP contribution is 2.41. The van der Waals surface area contributed by atoms with Gasteiger partial charge in [-0.2, -0.15) is 0 Å². The van der Waals surface area contributed by atoms with Gasteiger partial charge in [0.15, 0.2) is 0 Å². The largest absolute Gasteiger partial charge is 0.490 e. The molecular weight excluding hydrogens is 511 g/mol. The monoisotopic (exact) mass is 544 g/mol. The van der Waals surface area contributed by atoms with E-state index in [1.807, 2.05) is 6.07 Å². The molecule has 2 aromatic heterocycles. The molecule has 0 aliphatic carbocycles. The van der Waals surface area contributed by atoms with Crippen molar-refractivity contribution < 1.29 is 27.1 Å². The fourth-order valence-electron chi connectivity index (χ4n) is 4.89. The fourth-order valence-corrected chi connectivity index (χ4v) is 5.55. The Morgan fingerprint density at radius 2 is 1.92 bits per heavy atom. The first kappa shape index (κ1) is 26.4. The van der Waals surface area contributed by atoms with E-state index in [4.69, 9.17) is 9.47 Å². The fraction of sp³-hybridized carbons (Fsp3) is 0.481. The molecule has 5 rings (SSSR count). The Kier molecular flexibility index (Phi) is 7.08. The maximum atomic E-state index is 14.4. The number of anilines is 1. The summed E-state index contributed by atoms with van der Waals surface area (Å²) in [6, 6.07) is 8.24. The summed E-state index contributed by atoms with van der Waals surface area (Å²) in [7, 11) is -3.89. The molecule has 1 atom stereocenters. The quantitative estimate of drug-likeness (QED) is 0.496. The van der Waals surface area contributed by atoms with Crippen LogP contribution in [0, 0.1) is 5.82 Å². The second-order valence-corrected chi connectivity index (χ2v) is 13.2. The molecule has 0 spiro atoms. The number of hydrogen-bond donors (Lipinski definition) is 1. The standard InChI is InChI=1S/C27H33FN4O5S/c1-27(2,3)38(34,35)30-26(33)23-16-29-25-9-7-19(17-32(23)25)31-12-4-5-22(31)21-15-18(28)6-8-24(21)37-20-10-13-36-14-11-20/h6-9,15-17,20,22H,4-5,10-14H2,1-3H3,(H,30,33). The molecular formula is C27H33FN4O5S. The number of rotatable bonds is 6. The molecule has 4 heterocycles. The van der Waals surface area contributed by atoms with Gasteiger partial charge in [0, 0.05) is 31.1 Å². The number of nitrogens with one attached hydrogen (secondary N) is 1. The van der Waals surface area contributed by atoms with Crippen LogP contribution in [0.15, 0.2) is 42.7 Å². The minimum atomic E-state index is -3.89. The van der Waals surface area contributed by atoms with Gasteiger partial charge in [0.25, 0.3) is 5.91 Å². The second-order valence-electron chi connectivity index (χ2n) is 10.8. The molecule has 0 radical (unpaired) electrons.